The second kappa shape index (κ2) is 4.01. The van der Waals surface area contributed by atoms with Gasteiger partial charge in [-0.1, -0.05) is 13.8 Å². The molecule has 1 N–H and O–H groups in total. The summed E-state index contributed by atoms with van der Waals surface area (Å²) in [6, 6.07) is 6.67. The number of aryl methyl sites for hydroxylation is 1. The van der Waals surface area contributed by atoms with Crippen LogP contribution in [-0.2, 0) is 6.42 Å². The molecule has 1 aliphatic rings. The number of nitrogens with zero attached hydrogens (tertiary/aromatic N) is 1. The SMILES string of the molecule is CCc1nc2cc(NC(C)C3(C)CC3)ccc2o1. The zero-order chi connectivity index (χ0) is 12.8. The molecule has 1 fully saturated rings. The van der Waals surface area contributed by atoms with Crippen molar-refractivity contribution in [1.82, 2.24) is 4.98 Å². The van der Waals surface area contributed by atoms with Crippen LogP contribution in [0.2, 0.25) is 0 Å². The second-order valence-electron chi connectivity index (χ2n) is 5.66. The number of oxazole rings is 1. The molecule has 1 saturated carbocycles. The third-order valence-electron chi connectivity index (χ3n) is 4.20. The Balaban J connectivity index is 1.84. The molecule has 2 aromatic rings. The van der Waals surface area contributed by atoms with Gasteiger partial charge in [0.2, 0.25) is 0 Å². The maximum absolute atomic E-state index is 5.62. The largest absolute Gasteiger partial charge is 0.441 e. The Morgan fingerprint density at radius 2 is 2.22 bits per heavy atom. The first-order valence-electron chi connectivity index (χ1n) is 6.77. The molecule has 0 saturated heterocycles. The number of rotatable bonds is 4. The van der Waals surface area contributed by atoms with Crippen molar-refractivity contribution in [2.45, 2.75) is 46.1 Å². The van der Waals surface area contributed by atoms with E-state index in [-0.39, 0.29) is 0 Å². The van der Waals surface area contributed by atoms with E-state index in [4.69, 9.17) is 4.42 Å². The molecule has 18 heavy (non-hydrogen) atoms. The first kappa shape index (κ1) is 11.6. The quantitative estimate of drug-likeness (QED) is 0.883. The van der Waals surface area contributed by atoms with Crippen molar-refractivity contribution in [3.63, 3.8) is 0 Å². The molecule has 96 valence electrons. The molecule has 1 aliphatic carbocycles. The summed E-state index contributed by atoms with van der Waals surface area (Å²) in [6.45, 7) is 6.66. The summed E-state index contributed by atoms with van der Waals surface area (Å²) in [5, 5.41) is 3.58. The molecule has 0 spiro atoms. The van der Waals surface area contributed by atoms with E-state index in [1.807, 2.05) is 6.07 Å². The minimum Gasteiger partial charge on any atom is -0.441 e. The Hall–Kier alpha value is -1.51. The summed E-state index contributed by atoms with van der Waals surface area (Å²) in [5.74, 6) is 0.810. The van der Waals surface area contributed by atoms with E-state index in [0.717, 1.165) is 29.1 Å². The van der Waals surface area contributed by atoms with Crippen molar-refractivity contribution < 1.29 is 4.42 Å². The number of fused-ring (bicyclic) bond motifs is 1. The fraction of sp³-hybridized carbons (Fsp3) is 0.533. The zero-order valence-corrected chi connectivity index (χ0v) is 11.3. The predicted octanol–water partition coefficient (Wildman–Crippen LogP) is 3.99. The number of aromatic nitrogens is 1. The molecular weight excluding hydrogens is 224 g/mol. The van der Waals surface area contributed by atoms with Crippen LogP contribution in [0.4, 0.5) is 5.69 Å². The van der Waals surface area contributed by atoms with Crippen LogP contribution in [0.5, 0.6) is 0 Å². The van der Waals surface area contributed by atoms with Gasteiger partial charge in [0, 0.05) is 18.2 Å². The van der Waals surface area contributed by atoms with Gasteiger partial charge in [-0.15, -0.1) is 0 Å². The van der Waals surface area contributed by atoms with Gasteiger partial charge in [-0.2, -0.15) is 0 Å². The van der Waals surface area contributed by atoms with Gasteiger partial charge in [-0.3, -0.25) is 0 Å². The van der Waals surface area contributed by atoms with Gasteiger partial charge in [0.15, 0.2) is 11.5 Å². The first-order valence-corrected chi connectivity index (χ1v) is 6.77. The van der Waals surface area contributed by atoms with Crippen LogP contribution in [-0.4, -0.2) is 11.0 Å². The smallest absolute Gasteiger partial charge is 0.195 e. The normalized spacial score (nSPS) is 18.8. The molecule has 0 bridgehead atoms. The summed E-state index contributed by atoms with van der Waals surface area (Å²) < 4.78 is 5.62. The molecule has 0 amide bonds. The highest BCUT2D eigenvalue weighted by Crippen LogP contribution is 2.48. The average Bonchev–Trinajstić information content (AvgIpc) is 2.98. The Morgan fingerprint density at radius 3 is 2.89 bits per heavy atom. The minimum atomic E-state index is 0.480. The zero-order valence-electron chi connectivity index (χ0n) is 11.3. The van der Waals surface area contributed by atoms with Gasteiger partial charge in [-0.05, 0) is 43.4 Å². The lowest BCUT2D eigenvalue weighted by atomic mass is 10.0. The third kappa shape index (κ3) is 1.98. The molecule has 0 radical (unpaired) electrons. The number of hydrogen-bond acceptors (Lipinski definition) is 3. The van der Waals surface area contributed by atoms with Crippen LogP contribution in [0.25, 0.3) is 11.1 Å². The Labute approximate surface area is 108 Å². The first-order chi connectivity index (χ1) is 8.60. The van der Waals surface area contributed by atoms with Crippen molar-refractivity contribution in [3.8, 4) is 0 Å². The number of nitrogens with one attached hydrogen (secondary N) is 1. The number of benzene rings is 1. The second-order valence-corrected chi connectivity index (χ2v) is 5.66. The predicted molar refractivity (Wildman–Crippen MR) is 73.8 cm³/mol. The van der Waals surface area contributed by atoms with Crippen molar-refractivity contribution in [3.05, 3.63) is 24.1 Å². The standard InChI is InChI=1S/C15H20N2O/c1-4-14-17-12-9-11(5-6-13(12)18-14)16-10(2)15(3)7-8-15/h5-6,9-10,16H,4,7-8H2,1-3H3. The highest BCUT2D eigenvalue weighted by atomic mass is 16.3. The summed E-state index contributed by atoms with van der Waals surface area (Å²) in [7, 11) is 0. The highest BCUT2D eigenvalue weighted by molar-refractivity contribution is 5.77. The van der Waals surface area contributed by atoms with Crippen LogP contribution < -0.4 is 5.32 Å². The van der Waals surface area contributed by atoms with Crippen molar-refractivity contribution in [2.24, 2.45) is 5.41 Å². The molecule has 1 aromatic carbocycles. The maximum Gasteiger partial charge on any atom is 0.195 e. The molecule has 3 heteroatoms. The van der Waals surface area contributed by atoms with Gasteiger partial charge in [0.1, 0.15) is 5.52 Å². The van der Waals surface area contributed by atoms with E-state index in [1.165, 1.54) is 12.8 Å². The van der Waals surface area contributed by atoms with E-state index < -0.39 is 0 Å². The van der Waals surface area contributed by atoms with Gasteiger partial charge >= 0.3 is 0 Å². The summed E-state index contributed by atoms with van der Waals surface area (Å²) in [4.78, 5) is 4.47. The lowest BCUT2D eigenvalue weighted by Gasteiger charge is -2.21. The number of anilines is 1. The van der Waals surface area contributed by atoms with E-state index in [0.29, 0.717) is 11.5 Å². The molecule has 1 atom stereocenters. The van der Waals surface area contributed by atoms with Gasteiger partial charge in [-0.25, -0.2) is 4.98 Å². The minimum absolute atomic E-state index is 0.480. The maximum atomic E-state index is 5.62. The van der Waals surface area contributed by atoms with Crippen LogP contribution in [0.15, 0.2) is 22.6 Å². The highest BCUT2D eigenvalue weighted by Gasteiger charge is 2.42. The lowest BCUT2D eigenvalue weighted by molar-refractivity contribution is 0.493. The van der Waals surface area contributed by atoms with Crippen LogP contribution in [0, 0.1) is 5.41 Å². The van der Waals surface area contributed by atoms with E-state index in [9.17, 15) is 0 Å². The molecule has 1 aromatic heterocycles. The molecule has 1 heterocycles. The summed E-state index contributed by atoms with van der Waals surface area (Å²) in [6.07, 6.45) is 3.49. The molecule has 3 rings (SSSR count). The summed E-state index contributed by atoms with van der Waals surface area (Å²) >= 11 is 0. The average molecular weight is 244 g/mol. The Kier molecular flexibility index (Phi) is 2.58. The van der Waals surface area contributed by atoms with Crippen molar-refractivity contribution >= 4 is 16.8 Å². The molecule has 0 aliphatic heterocycles. The topological polar surface area (TPSA) is 38.1 Å². The molecular formula is C15H20N2O. The van der Waals surface area contributed by atoms with Crippen LogP contribution in [0.1, 0.15) is 39.5 Å². The monoisotopic (exact) mass is 244 g/mol. The van der Waals surface area contributed by atoms with E-state index in [2.05, 4.69) is 43.2 Å². The fourth-order valence-electron chi connectivity index (χ4n) is 2.27. The fourth-order valence-corrected chi connectivity index (χ4v) is 2.27. The van der Waals surface area contributed by atoms with Gasteiger partial charge in [0.05, 0.1) is 0 Å². The third-order valence-corrected chi connectivity index (χ3v) is 4.20. The van der Waals surface area contributed by atoms with Crippen LogP contribution in [0.3, 0.4) is 0 Å². The lowest BCUT2D eigenvalue weighted by Crippen LogP contribution is -2.24. The Bertz CT molecular complexity index is 569. The van der Waals surface area contributed by atoms with Crippen molar-refractivity contribution in [2.75, 3.05) is 5.32 Å². The van der Waals surface area contributed by atoms with E-state index >= 15 is 0 Å². The van der Waals surface area contributed by atoms with E-state index in [1.54, 1.807) is 0 Å². The Morgan fingerprint density at radius 1 is 1.44 bits per heavy atom. The molecule has 3 nitrogen and oxygen atoms in total. The van der Waals surface area contributed by atoms with Crippen molar-refractivity contribution in [1.29, 1.82) is 0 Å². The van der Waals surface area contributed by atoms with Crippen LogP contribution >= 0.6 is 0 Å². The number of hydrogen-bond donors (Lipinski definition) is 1. The van der Waals surface area contributed by atoms with Gasteiger partial charge < -0.3 is 9.73 Å². The molecule has 1 unspecified atom stereocenters. The summed E-state index contributed by atoms with van der Waals surface area (Å²) in [5.41, 5.74) is 3.44. The van der Waals surface area contributed by atoms with Gasteiger partial charge in [0.25, 0.3) is 0 Å².